The maximum absolute atomic E-state index is 12.9. The second kappa shape index (κ2) is 3.75. The molecule has 0 bridgehead atoms. The van der Waals surface area contributed by atoms with Gasteiger partial charge in [-0.1, -0.05) is 0 Å². The van der Waals surface area contributed by atoms with Gasteiger partial charge in [-0.15, -0.1) is 0 Å². The van der Waals surface area contributed by atoms with Crippen LogP contribution in [-0.4, -0.2) is 24.4 Å². The van der Waals surface area contributed by atoms with E-state index in [4.69, 9.17) is 10.7 Å². The molecule has 2 atom stereocenters. The molecule has 0 saturated heterocycles. The summed E-state index contributed by atoms with van der Waals surface area (Å²) in [4.78, 5) is -0.0357. The lowest BCUT2D eigenvalue weighted by atomic mass is 10.2. The van der Waals surface area contributed by atoms with Crippen molar-refractivity contribution in [2.45, 2.75) is 36.4 Å². The maximum Gasteiger partial charge on any atom is 0.264 e. The number of nitrogens with zero attached hydrogens (tertiary/aromatic N) is 2. The van der Waals surface area contributed by atoms with Crippen molar-refractivity contribution in [1.29, 1.82) is 0 Å². The molecule has 1 aromatic heterocycles. The lowest BCUT2D eigenvalue weighted by Gasteiger charge is -2.08. The number of hydrogen-bond acceptors (Lipinski definition) is 3. The largest absolute Gasteiger partial charge is 0.268 e. The Labute approximate surface area is 91.5 Å². The van der Waals surface area contributed by atoms with E-state index < -0.39 is 15.2 Å². The zero-order chi connectivity index (χ0) is 11.1. The molecule has 1 aromatic rings. The highest BCUT2D eigenvalue weighted by Crippen LogP contribution is 2.32. The molecule has 1 aliphatic rings. The van der Waals surface area contributed by atoms with Crippen molar-refractivity contribution in [3.8, 4) is 0 Å². The summed E-state index contributed by atoms with van der Waals surface area (Å²) in [6, 6.07) is -0.0489. The van der Waals surface area contributed by atoms with Gasteiger partial charge in [0.25, 0.3) is 9.05 Å². The minimum absolute atomic E-state index is 0.0357. The first kappa shape index (κ1) is 10.9. The molecule has 1 heterocycles. The van der Waals surface area contributed by atoms with Crippen LogP contribution in [0.3, 0.4) is 0 Å². The van der Waals surface area contributed by atoms with Crippen LogP contribution >= 0.6 is 10.7 Å². The molecule has 1 fully saturated rings. The highest BCUT2D eigenvalue weighted by Gasteiger charge is 2.27. The first-order valence-corrected chi connectivity index (χ1v) is 6.90. The summed E-state index contributed by atoms with van der Waals surface area (Å²) in [5.41, 5.74) is 0. The fraction of sp³-hybridized carbons (Fsp3) is 0.625. The molecular formula is C8H10ClFN2O2S. The average molecular weight is 253 g/mol. The molecule has 1 saturated carbocycles. The van der Waals surface area contributed by atoms with Crippen LogP contribution in [-0.2, 0) is 9.05 Å². The Bertz CT molecular complexity index is 459. The van der Waals surface area contributed by atoms with Crippen LogP contribution in [0, 0.1) is 0 Å². The molecule has 0 N–H and O–H groups in total. The smallest absolute Gasteiger partial charge is 0.264 e. The normalized spacial score (nSPS) is 27.1. The number of alkyl halides is 1. The van der Waals surface area contributed by atoms with Crippen LogP contribution in [0.15, 0.2) is 17.3 Å². The van der Waals surface area contributed by atoms with E-state index in [0.29, 0.717) is 19.3 Å². The molecular weight excluding hydrogens is 243 g/mol. The van der Waals surface area contributed by atoms with Crippen LogP contribution in [0.4, 0.5) is 4.39 Å². The van der Waals surface area contributed by atoms with E-state index in [-0.39, 0.29) is 10.9 Å². The standard InChI is InChI=1S/C8H10ClFN2O2S/c9-15(13,14)8-4-11-12(5-8)7-2-1-6(10)3-7/h4-7H,1-3H2. The average Bonchev–Trinajstić information content (AvgIpc) is 2.69. The Morgan fingerprint density at radius 3 is 2.73 bits per heavy atom. The van der Waals surface area contributed by atoms with Crippen molar-refractivity contribution in [3.63, 3.8) is 0 Å². The summed E-state index contributed by atoms with van der Waals surface area (Å²) in [6.07, 6.45) is 3.32. The topological polar surface area (TPSA) is 52.0 Å². The summed E-state index contributed by atoms with van der Waals surface area (Å²) in [7, 11) is 1.42. The van der Waals surface area contributed by atoms with Crippen molar-refractivity contribution in [1.82, 2.24) is 9.78 Å². The molecule has 0 amide bonds. The van der Waals surface area contributed by atoms with Crippen LogP contribution in [0.25, 0.3) is 0 Å². The van der Waals surface area contributed by atoms with E-state index in [1.165, 1.54) is 17.1 Å². The van der Waals surface area contributed by atoms with Gasteiger partial charge in [0.1, 0.15) is 11.1 Å². The third-order valence-corrected chi connectivity index (χ3v) is 3.88. The monoisotopic (exact) mass is 252 g/mol. The van der Waals surface area contributed by atoms with E-state index in [9.17, 15) is 12.8 Å². The molecule has 2 unspecified atom stereocenters. The van der Waals surface area contributed by atoms with Gasteiger partial charge in [0.05, 0.1) is 12.2 Å². The first-order chi connectivity index (χ1) is 6.97. The lowest BCUT2D eigenvalue weighted by molar-refractivity contribution is 0.326. The van der Waals surface area contributed by atoms with Gasteiger partial charge in [0.2, 0.25) is 0 Å². The number of rotatable bonds is 2. The molecule has 84 valence electrons. The molecule has 1 aliphatic carbocycles. The van der Waals surface area contributed by atoms with Crippen molar-refractivity contribution in [2.24, 2.45) is 0 Å². The van der Waals surface area contributed by atoms with Gasteiger partial charge in [-0.3, -0.25) is 4.68 Å². The van der Waals surface area contributed by atoms with E-state index in [2.05, 4.69) is 5.10 Å². The number of halogens is 2. The van der Waals surface area contributed by atoms with Crippen molar-refractivity contribution in [2.75, 3.05) is 0 Å². The first-order valence-electron chi connectivity index (χ1n) is 4.59. The second-order valence-corrected chi connectivity index (χ2v) is 6.22. The third-order valence-electron chi connectivity index (χ3n) is 2.57. The molecule has 0 radical (unpaired) electrons. The zero-order valence-corrected chi connectivity index (χ0v) is 9.38. The van der Waals surface area contributed by atoms with Crippen LogP contribution in [0.1, 0.15) is 25.3 Å². The highest BCUT2D eigenvalue weighted by atomic mass is 35.7. The maximum atomic E-state index is 12.9. The quantitative estimate of drug-likeness (QED) is 0.755. The Balaban J connectivity index is 2.21. The third kappa shape index (κ3) is 2.31. The molecule has 0 spiro atoms. The lowest BCUT2D eigenvalue weighted by Crippen LogP contribution is -2.06. The SMILES string of the molecule is O=S(=O)(Cl)c1cnn(C2CCC(F)C2)c1. The van der Waals surface area contributed by atoms with Gasteiger partial charge < -0.3 is 0 Å². The van der Waals surface area contributed by atoms with Gasteiger partial charge >= 0.3 is 0 Å². The fourth-order valence-corrected chi connectivity index (χ4v) is 2.44. The van der Waals surface area contributed by atoms with Crippen LogP contribution < -0.4 is 0 Å². The minimum atomic E-state index is -3.73. The summed E-state index contributed by atoms with van der Waals surface area (Å²) < 4.78 is 36.3. The summed E-state index contributed by atoms with van der Waals surface area (Å²) in [5, 5.41) is 3.89. The molecule has 0 aliphatic heterocycles. The Hall–Kier alpha value is -0.620. The molecule has 7 heteroatoms. The molecule has 15 heavy (non-hydrogen) atoms. The van der Waals surface area contributed by atoms with Crippen molar-refractivity contribution < 1.29 is 12.8 Å². The highest BCUT2D eigenvalue weighted by molar-refractivity contribution is 8.13. The molecule has 2 rings (SSSR count). The summed E-state index contributed by atoms with van der Waals surface area (Å²) in [5.74, 6) is 0. The Morgan fingerprint density at radius 2 is 2.27 bits per heavy atom. The number of hydrogen-bond donors (Lipinski definition) is 0. The van der Waals surface area contributed by atoms with E-state index >= 15 is 0 Å². The summed E-state index contributed by atoms with van der Waals surface area (Å²) in [6.45, 7) is 0. The van der Waals surface area contributed by atoms with Gasteiger partial charge in [0, 0.05) is 23.3 Å². The minimum Gasteiger partial charge on any atom is -0.268 e. The van der Waals surface area contributed by atoms with Gasteiger partial charge in [-0.25, -0.2) is 12.8 Å². The van der Waals surface area contributed by atoms with Gasteiger partial charge in [-0.2, -0.15) is 5.10 Å². The molecule has 4 nitrogen and oxygen atoms in total. The van der Waals surface area contributed by atoms with E-state index in [0.717, 1.165) is 0 Å². The van der Waals surface area contributed by atoms with Crippen molar-refractivity contribution >= 4 is 19.7 Å². The van der Waals surface area contributed by atoms with Crippen molar-refractivity contribution in [3.05, 3.63) is 12.4 Å². The second-order valence-electron chi connectivity index (χ2n) is 3.66. The Morgan fingerprint density at radius 1 is 1.53 bits per heavy atom. The van der Waals surface area contributed by atoms with Gasteiger partial charge in [0.15, 0.2) is 0 Å². The summed E-state index contributed by atoms with van der Waals surface area (Å²) >= 11 is 0. The number of aromatic nitrogens is 2. The zero-order valence-electron chi connectivity index (χ0n) is 7.81. The van der Waals surface area contributed by atoms with Crippen LogP contribution in [0.2, 0.25) is 0 Å². The fourth-order valence-electron chi connectivity index (χ4n) is 1.79. The van der Waals surface area contributed by atoms with Gasteiger partial charge in [-0.05, 0) is 12.8 Å². The predicted molar refractivity (Wildman–Crippen MR) is 53.0 cm³/mol. The van der Waals surface area contributed by atoms with E-state index in [1.807, 2.05) is 0 Å². The van der Waals surface area contributed by atoms with Crippen LogP contribution in [0.5, 0.6) is 0 Å². The Kier molecular flexibility index (Phi) is 2.72. The molecule has 0 aromatic carbocycles. The predicted octanol–water partition coefficient (Wildman–Crippen LogP) is 1.87. The van der Waals surface area contributed by atoms with E-state index in [1.54, 1.807) is 0 Å².